The predicted molar refractivity (Wildman–Crippen MR) is 97.7 cm³/mol. The van der Waals surface area contributed by atoms with Gasteiger partial charge in [-0.1, -0.05) is 77.4 Å². The highest BCUT2D eigenvalue weighted by atomic mass is 16.5. The van der Waals surface area contributed by atoms with Crippen molar-refractivity contribution >= 4 is 11.9 Å². The number of allylic oxidation sites excluding steroid dienone is 2. The van der Waals surface area contributed by atoms with Gasteiger partial charge in [-0.2, -0.15) is 0 Å². The van der Waals surface area contributed by atoms with E-state index in [1.54, 1.807) is 0 Å². The largest absolute Gasteiger partial charge is 0.463 e. The third-order valence-corrected chi connectivity index (χ3v) is 3.56. The van der Waals surface area contributed by atoms with E-state index in [9.17, 15) is 9.59 Å². The maximum atomic E-state index is 11.4. The van der Waals surface area contributed by atoms with Gasteiger partial charge in [0.25, 0.3) is 0 Å². The first-order valence-corrected chi connectivity index (χ1v) is 9.39. The molecule has 4 heteroatoms. The SMILES string of the molecule is CCCCCCCOC(=O)C=CC=CC(=O)OCCCCCCC. The molecule has 138 valence electrons. The van der Waals surface area contributed by atoms with Crippen LogP contribution in [0.1, 0.15) is 78.1 Å². The highest BCUT2D eigenvalue weighted by Gasteiger charge is 1.97. The van der Waals surface area contributed by atoms with Crippen molar-refractivity contribution in [3.63, 3.8) is 0 Å². The van der Waals surface area contributed by atoms with Crippen LogP contribution >= 0.6 is 0 Å². The molecule has 24 heavy (non-hydrogen) atoms. The van der Waals surface area contributed by atoms with Crippen LogP contribution in [-0.2, 0) is 19.1 Å². The molecule has 0 saturated heterocycles. The van der Waals surface area contributed by atoms with Crippen LogP contribution in [0, 0.1) is 0 Å². The number of carbonyl (C=O) groups excluding carboxylic acids is 2. The van der Waals surface area contributed by atoms with Crippen LogP contribution in [-0.4, -0.2) is 25.2 Å². The Kier molecular flexibility index (Phi) is 16.6. The Bertz CT molecular complexity index is 336. The zero-order valence-corrected chi connectivity index (χ0v) is 15.4. The van der Waals surface area contributed by atoms with Crippen LogP contribution < -0.4 is 0 Å². The van der Waals surface area contributed by atoms with Gasteiger partial charge in [-0.05, 0) is 12.8 Å². The Balaban J connectivity index is 3.59. The zero-order valence-electron chi connectivity index (χ0n) is 15.4. The van der Waals surface area contributed by atoms with Crippen LogP contribution in [0.2, 0.25) is 0 Å². The Morgan fingerprint density at radius 3 is 1.38 bits per heavy atom. The smallest absolute Gasteiger partial charge is 0.330 e. The fourth-order valence-corrected chi connectivity index (χ4v) is 2.12. The lowest BCUT2D eigenvalue weighted by atomic mass is 10.2. The molecule has 0 N–H and O–H groups in total. The summed E-state index contributed by atoms with van der Waals surface area (Å²) < 4.78 is 10.1. The first-order valence-electron chi connectivity index (χ1n) is 9.39. The van der Waals surface area contributed by atoms with Crippen molar-refractivity contribution in [2.24, 2.45) is 0 Å². The molecule has 0 saturated carbocycles. The van der Waals surface area contributed by atoms with Gasteiger partial charge < -0.3 is 9.47 Å². The number of hydrogen-bond donors (Lipinski definition) is 0. The van der Waals surface area contributed by atoms with Gasteiger partial charge in [0.1, 0.15) is 0 Å². The van der Waals surface area contributed by atoms with Crippen LogP contribution in [0.3, 0.4) is 0 Å². The number of carbonyl (C=O) groups is 2. The van der Waals surface area contributed by atoms with Gasteiger partial charge in [0, 0.05) is 12.2 Å². The summed E-state index contributed by atoms with van der Waals surface area (Å²) >= 11 is 0. The molecular weight excluding hydrogens is 304 g/mol. The van der Waals surface area contributed by atoms with E-state index in [0.29, 0.717) is 13.2 Å². The second-order valence-corrected chi connectivity index (χ2v) is 5.88. The minimum Gasteiger partial charge on any atom is -0.463 e. The van der Waals surface area contributed by atoms with Gasteiger partial charge in [-0.15, -0.1) is 0 Å². The molecular formula is C20H34O4. The van der Waals surface area contributed by atoms with Crippen molar-refractivity contribution in [1.29, 1.82) is 0 Å². The molecule has 0 aliphatic heterocycles. The molecule has 0 spiro atoms. The predicted octanol–water partition coefficient (Wildman–Crippen LogP) is 5.13. The minimum atomic E-state index is -0.376. The van der Waals surface area contributed by atoms with E-state index in [1.807, 2.05) is 0 Å². The molecule has 0 heterocycles. The first kappa shape index (κ1) is 22.4. The molecule has 0 aliphatic carbocycles. The van der Waals surface area contributed by atoms with E-state index in [4.69, 9.17) is 9.47 Å². The van der Waals surface area contributed by atoms with Crippen molar-refractivity contribution in [2.75, 3.05) is 13.2 Å². The van der Waals surface area contributed by atoms with Gasteiger partial charge in [-0.25, -0.2) is 9.59 Å². The second kappa shape index (κ2) is 17.8. The van der Waals surface area contributed by atoms with E-state index < -0.39 is 0 Å². The molecule has 0 bridgehead atoms. The standard InChI is InChI=1S/C20H34O4/c1-3-5-7-9-13-17-23-19(21)15-11-12-16-20(22)24-18-14-10-8-6-4-2/h11-12,15-16H,3-10,13-14,17-18H2,1-2H3. The maximum Gasteiger partial charge on any atom is 0.330 e. The van der Waals surface area contributed by atoms with Crippen LogP contribution in [0.5, 0.6) is 0 Å². The normalized spacial score (nSPS) is 11.2. The molecule has 0 amide bonds. The summed E-state index contributed by atoms with van der Waals surface area (Å²) in [7, 11) is 0. The quantitative estimate of drug-likeness (QED) is 0.180. The average Bonchev–Trinajstić information content (AvgIpc) is 2.58. The molecule has 0 radical (unpaired) electrons. The molecule has 0 aliphatic rings. The van der Waals surface area contributed by atoms with Gasteiger partial charge >= 0.3 is 11.9 Å². The summed E-state index contributed by atoms with van der Waals surface area (Å²) in [6.45, 7) is 5.25. The molecule has 0 fully saturated rings. The van der Waals surface area contributed by atoms with E-state index in [1.165, 1.54) is 62.8 Å². The fraction of sp³-hybridized carbons (Fsp3) is 0.700. The van der Waals surface area contributed by atoms with Crippen LogP contribution in [0.25, 0.3) is 0 Å². The number of hydrogen-bond acceptors (Lipinski definition) is 4. The molecule has 0 aromatic heterocycles. The van der Waals surface area contributed by atoms with Gasteiger partial charge in [0.2, 0.25) is 0 Å². The van der Waals surface area contributed by atoms with E-state index in [2.05, 4.69) is 13.8 Å². The molecule has 0 aromatic carbocycles. The number of unbranched alkanes of at least 4 members (excludes halogenated alkanes) is 8. The van der Waals surface area contributed by atoms with Crippen LogP contribution in [0.4, 0.5) is 0 Å². The lowest BCUT2D eigenvalue weighted by Gasteiger charge is -2.01. The topological polar surface area (TPSA) is 52.6 Å². The second-order valence-electron chi connectivity index (χ2n) is 5.88. The lowest BCUT2D eigenvalue weighted by molar-refractivity contribution is -0.138. The monoisotopic (exact) mass is 338 g/mol. The van der Waals surface area contributed by atoms with Gasteiger partial charge in [-0.3, -0.25) is 0 Å². The van der Waals surface area contributed by atoms with E-state index >= 15 is 0 Å². The molecule has 4 nitrogen and oxygen atoms in total. The highest BCUT2D eigenvalue weighted by Crippen LogP contribution is 2.03. The maximum absolute atomic E-state index is 11.4. The Labute approximate surface area is 147 Å². The van der Waals surface area contributed by atoms with Crippen molar-refractivity contribution in [1.82, 2.24) is 0 Å². The third kappa shape index (κ3) is 16.8. The van der Waals surface area contributed by atoms with Crippen molar-refractivity contribution in [3.8, 4) is 0 Å². The zero-order chi connectivity index (χ0) is 17.9. The Morgan fingerprint density at radius 1 is 0.625 bits per heavy atom. The molecule has 0 aromatic rings. The number of ether oxygens (including phenoxy) is 2. The Morgan fingerprint density at radius 2 is 1.00 bits per heavy atom. The number of rotatable bonds is 15. The van der Waals surface area contributed by atoms with Crippen molar-refractivity contribution < 1.29 is 19.1 Å². The molecule has 0 atom stereocenters. The summed E-state index contributed by atoms with van der Waals surface area (Å²) in [5.74, 6) is -0.751. The Hall–Kier alpha value is -1.58. The summed E-state index contributed by atoms with van der Waals surface area (Å²) in [5, 5.41) is 0. The molecule has 0 rings (SSSR count). The van der Waals surface area contributed by atoms with Crippen molar-refractivity contribution in [2.45, 2.75) is 78.1 Å². The van der Waals surface area contributed by atoms with Gasteiger partial charge in [0.15, 0.2) is 0 Å². The van der Waals surface area contributed by atoms with E-state index in [0.717, 1.165) is 25.7 Å². The highest BCUT2D eigenvalue weighted by molar-refractivity contribution is 5.84. The average molecular weight is 338 g/mol. The fourth-order valence-electron chi connectivity index (χ4n) is 2.12. The van der Waals surface area contributed by atoms with Crippen LogP contribution in [0.15, 0.2) is 24.3 Å². The first-order chi connectivity index (χ1) is 11.7. The summed E-state index contributed by atoms with van der Waals surface area (Å²) in [4.78, 5) is 22.8. The summed E-state index contributed by atoms with van der Waals surface area (Å²) in [6.07, 6.45) is 16.9. The van der Waals surface area contributed by atoms with Crippen molar-refractivity contribution in [3.05, 3.63) is 24.3 Å². The minimum absolute atomic E-state index is 0.376. The third-order valence-electron chi connectivity index (χ3n) is 3.56. The van der Waals surface area contributed by atoms with E-state index in [-0.39, 0.29) is 11.9 Å². The number of esters is 2. The summed E-state index contributed by atoms with van der Waals surface area (Å²) in [6, 6.07) is 0. The lowest BCUT2D eigenvalue weighted by Crippen LogP contribution is -2.03. The molecule has 0 unspecified atom stereocenters. The summed E-state index contributed by atoms with van der Waals surface area (Å²) in [5.41, 5.74) is 0. The van der Waals surface area contributed by atoms with Gasteiger partial charge in [0.05, 0.1) is 13.2 Å².